The average Bonchev–Trinajstić information content (AvgIpc) is 2.65. The number of benzene rings is 2. The molecule has 0 radical (unpaired) electrons. The number of fused-ring (bicyclic) bond motifs is 2. The Balaban J connectivity index is 1.72. The number of hydrogen-bond acceptors (Lipinski definition) is 4. The van der Waals surface area contributed by atoms with Gasteiger partial charge in [-0.3, -0.25) is 9.59 Å². The first-order chi connectivity index (χ1) is 12.1. The molecule has 2 aromatic carbocycles. The number of rotatable bonds is 2. The number of morpholine rings is 1. The van der Waals surface area contributed by atoms with Crippen LogP contribution in [0.1, 0.15) is 17.0 Å². The van der Waals surface area contributed by atoms with Crippen LogP contribution < -0.4 is 10.5 Å². The van der Waals surface area contributed by atoms with Gasteiger partial charge in [-0.05, 0) is 12.1 Å². The third kappa shape index (κ3) is 2.74. The van der Waals surface area contributed by atoms with Crippen molar-refractivity contribution >= 4 is 11.8 Å². The van der Waals surface area contributed by atoms with Crippen LogP contribution in [0, 0.1) is 0 Å². The number of carbonyl (C=O) groups excluding carboxylic acids is 2. The molecule has 0 aliphatic carbocycles. The molecule has 0 saturated carbocycles. The molecule has 2 aliphatic rings. The van der Waals surface area contributed by atoms with Crippen LogP contribution >= 0.6 is 0 Å². The molecular formula is C19H18N2O4. The van der Waals surface area contributed by atoms with Crippen LogP contribution in [0.25, 0.3) is 0 Å². The van der Waals surface area contributed by atoms with Crippen LogP contribution in [0.15, 0.2) is 48.5 Å². The average molecular weight is 338 g/mol. The molecule has 2 heterocycles. The third-order valence-corrected chi connectivity index (χ3v) is 4.62. The van der Waals surface area contributed by atoms with E-state index in [9.17, 15) is 9.59 Å². The van der Waals surface area contributed by atoms with Crippen molar-refractivity contribution < 1.29 is 19.1 Å². The number of nitrogens with zero attached hydrogens (tertiary/aromatic N) is 1. The second kappa shape index (κ2) is 6.22. The van der Waals surface area contributed by atoms with Gasteiger partial charge in [-0.15, -0.1) is 0 Å². The van der Waals surface area contributed by atoms with Crippen LogP contribution in [0.5, 0.6) is 11.5 Å². The molecule has 4 rings (SSSR count). The number of ether oxygens (including phenoxy) is 2. The van der Waals surface area contributed by atoms with E-state index in [4.69, 9.17) is 15.2 Å². The summed E-state index contributed by atoms with van der Waals surface area (Å²) >= 11 is 0. The maximum absolute atomic E-state index is 13.3. The molecule has 6 heteroatoms. The van der Waals surface area contributed by atoms with Crippen molar-refractivity contribution in [3.63, 3.8) is 0 Å². The first-order valence-electron chi connectivity index (χ1n) is 8.20. The van der Waals surface area contributed by atoms with Crippen LogP contribution in [-0.4, -0.2) is 42.5 Å². The Bertz CT molecular complexity index is 790. The topological polar surface area (TPSA) is 81.9 Å². The summed E-state index contributed by atoms with van der Waals surface area (Å²) in [6.45, 7) is 0.909. The van der Waals surface area contributed by atoms with Gasteiger partial charge in [0.2, 0.25) is 11.8 Å². The second-order valence-corrected chi connectivity index (χ2v) is 6.16. The Morgan fingerprint density at radius 3 is 2.20 bits per heavy atom. The number of primary amides is 1. The fraction of sp³-hybridized carbons (Fsp3) is 0.263. The lowest BCUT2D eigenvalue weighted by molar-refractivity contribution is -0.146. The van der Waals surface area contributed by atoms with Crippen molar-refractivity contribution in [3.8, 4) is 11.5 Å². The van der Waals surface area contributed by atoms with Crippen molar-refractivity contribution in [1.29, 1.82) is 0 Å². The minimum absolute atomic E-state index is 0.0715. The molecule has 2 N–H and O–H groups in total. The molecule has 1 saturated heterocycles. The van der Waals surface area contributed by atoms with Crippen LogP contribution in [0.4, 0.5) is 0 Å². The molecule has 0 bridgehead atoms. The van der Waals surface area contributed by atoms with Crippen molar-refractivity contribution in [2.75, 3.05) is 19.7 Å². The summed E-state index contributed by atoms with van der Waals surface area (Å²) in [6.07, 6.45) is -0.761. The fourth-order valence-electron chi connectivity index (χ4n) is 3.38. The van der Waals surface area contributed by atoms with E-state index in [1.54, 1.807) is 4.90 Å². The highest BCUT2D eigenvalue weighted by Crippen LogP contribution is 2.44. The zero-order valence-corrected chi connectivity index (χ0v) is 13.6. The van der Waals surface area contributed by atoms with Crippen molar-refractivity contribution in [1.82, 2.24) is 4.90 Å². The van der Waals surface area contributed by atoms with Gasteiger partial charge in [0.15, 0.2) is 6.10 Å². The predicted molar refractivity (Wildman–Crippen MR) is 90.3 cm³/mol. The standard InChI is InChI=1S/C19H18N2O4/c20-18(22)16-11-21(9-10-24-16)19(23)17-12-5-1-3-7-14(12)25-15-8-4-2-6-13(15)17/h1-8,16-17H,9-11H2,(H2,20,22)/t16-/m0/s1. The zero-order valence-electron chi connectivity index (χ0n) is 13.6. The van der Waals surface area contributed by atoms with Gasteiger partial charge >= 0.3 is 0 Å². The summed E-state index contributed by atoms with van der Waals surface area (Å²) in [5, 5.41) is 0. The van der Waals surface area contributed by atoms with E-state index in [0.29, 0.717) is 24.7 Å². The van der Waals surface area contributed by atoms with Gasteiger partial charge in [-0.2, -0.15) is 0 Å². The normalized spacial score (nSPS) is 19.5. The minimum Gasteiger partial charge on any atom is -0.457 e. The monoisotopic (exact) mass is 338 g/mol. The first-order valence-corrected chi connectivity index (χ1v) is 8.20. The Kier molecular flexibility index (Phi) is 3.89. The minimum atomic E-state index is -0.761. The van der Waals surface area contributed by atoms with Gasteiger partial charge in [0.1, 0.15) is 11.5 Å². The number of nitrogens with two attached hydrogens (primary N) is 1. The molecule has 0 aromatic heterocycles. The van der Waals surface area contributed by atoms with Gasteiger partial charge < -0.3 is 20.1 Å². The van der Waals surface area contributed by atoms with Gasteiger partial charge in [-0.25, -0.2) is 0 Å². The molecule has 1 atom stereocenters. The smallest absolute Gasteiger partial charge is 0.248 e. The molecule has 6 nitrogen and oxygen atoms in total. The van der Waals surface area contributed by atoms with E-state index in [1.807, 2.05) is 48.5 Å². The zero-order chi connectivity index (χ0) is 17.4. The quantitative estimate of drug-likeness (QED) is 0.902. The molecular weight excluding hydrogens is 320 g/mol. The fourth-order valence-corrected chi connectivity index (χ4v) is 3.38. The lowest BCUT2D eigenvalue weighted by Crippen LogP contribution is -2.51. The van der Waals surface area contributed by atoms with E-state index in [0.717, 1.165) is 11.1 Å². The van der Waals surface area contributed by atoms with Crippen LogP contribution in [0.3, 0.4) is 0 Å². The van der Waals surface area contributed by atoms with Gasteiger partial charge in [0.25, 0.3) is 0 Å². The van der Waals surface area contributed by atoms with Crippen LogP contribution in [-0.2, 0) is 14.3 Å². The highest BCUT2D eigenvalue weighted by Gasteiger charge is 2.37. The van der Waals surface area contributed by atoms with Crippen LogP contribution in [0.2, 0.25) is 0 Å². The highest BCUT2D eigenvalue weighted by atomic mass is 16.5. The van der Waals surface area contributed by atoms with Gasteiger partial charge in [-0.1, -0.05) is 36.4 Å². The maximum Gasteiger partial charge on any atom is 0.248 e. The van der Waals surface area contributed by atoms with Gasteiger partial charge in [0.05, 0.1) is 19.1 Å². The Hall–Kier alpha value is -2.86. The highest BCUT2D eigenvalue weighted by molar-refractivity contribution is 5.90. The van der Waals surface area contributed by atoms with Crippen molar-refractivity contribution in [3.05, 3.63) is 59.7 Å². The van der Waals surface area contributed by atoms with E-state index < -0.39 is 17.9 Å². The molecule has 0 unspecified atom stereocenters. The predicted octanol–water partition coefficient (Wildman–Crippen LogP) is 1.64. The summed E-state index contributed by atoms with van der Waals surface area (Å²) in [5.74, 6) is 0.273. The van der Waals surface area contributed by atoms with Crippen molar-refractivity contribution in [2.45, 2.75) is 12.0 Å². The Morgan fingerprint density at radius 1 is 1.00 bits per heavy atom. The number of amides is 2. The molecule has 1 fully saturated rings. The summed E-state index contributed by atoms with van der Waals surface area (Å²) < 4.78 is 11.3. The third-order valence-electron chi connectivity index (χ3n) is 4.62. The molecule has 25 heavy (non-hydrogen) atoms. The molecule has 128 valence electrons. The Labute approximate surface area is 145 Å². The second-order valence-electron chi connectivity index (χ2n) is 6.16. The first kappa shape index (κ1) is 15.7. The van der Waals surface area contributed by atoms with E-state index in [2.05, 4.69) is 0 Å². The van der Waals surface area contributed by atoms with E-state index >= 15 is 0 Å². The number of hydrogen-bond donors (Lipinski definition) is 1. The van der Waals surface area contributed by atoms with Crippen molar-refractivity contribution in [2.24, 2.45) is 5.73 Å². The molecule has 0 spiro atoms. The number of para-hydroxylation sites is 2. The Morgan fingerprint density at radius 2 is 1.60 bits per heavy atom. The summed E-state index contributed by atoms with van der Waals surface area (Å²) in [4.78, 5) is 26.4. The van der Waals surface area contributed by atoms with E-state index in [1.165, 1.54) is 0 Å². The molecule has 2 amide bonds. The summed E-state index contributed by atoms with van der Waals surface area (Å²) in [7, 11) is 0. The molecule has 2 aromatic rings. The maximum atomic E-state index is 13.3. The largest absolute Gasteiger partial charge is 0.457 e. The van der Waals surface area contributed by atoms with Gasteiger partial charge in [0, 0.05) is 17.7 Å². The lowest BCUT2D eigenvalue weighted by Gasteiger charge is -2.36. The number of carbonyl (C=O) groups is 2. The summed E-state index contributed by atoms with van der Waals surface area (Å²) in [5.41, 5.74) is 6.99. The lowest BCUT2D eigenvalue weighted by atomic mass is 9.86. The summed E-state index contributed by atoms with van der Waals surface area (Å²) in [6, 6.07) is 15.1. The van der Waals surface area contributed by atoms with E-state index in [-0.39, 0.29) is 12.5 Å². The SMILES string of the molecule is NC(=O)[C@@H]1CN(C(=O)C2c3ccccc3Oc3ccccc32)CCO1. The molecule has 2 aliphatic heterocycles.